The van der Waals surface area contributed by atoms with Crippen molar-refractivity contribution in [2.75, 3.05) is 24.5 Å². The molecule has 1 fully saturated rings. The van der Waals surface area contributed by atoms with Crippen LogP contribution in [-0.4, -0.2) is 30.5 Å². The van der Waals surface area contributed by atoms with E-state index in [9.17, 15) is 9.59 Å². The summed E-state index contributed by atoms with van der Waals surface area (Å²) < 4.78 is 1.06. The number of aromatic nitrogens is 1. The number of carbonyl (C=O) groups is 1. The molecule has 0 saturated carbocycles. The van der Waals surface area contributed by atoms with E-state index in [0.717, 1.165) is 29.5 Å². The number of hydrogen-bond acceptors (Lipinski definition) is 3. The SMILES string of the molecule is O=C(NCC1CCN(c2cccc(Br)c2)C1)c1ccc(-c2ccccc2)[nH]c1=O. The van der Waals surface area contributed by atoms with Crippen LogP contribution in [0.15, 0.2) is 76.0 Å². The van der Waals surface area contributed by atoms with E-state index in [-0.39, 0.29) is 17.0 Å². The minimum atomic E-state index is -0.369. The van der Waals surface area contributed by atoms with E-state index in [1.54, 1.807) is 12.1 Å². The largest absolute Gasteiger partial charge is 0.371 e. The average molecular weight is 452 g/mol. The maximum Gasteiger partial charge on any atom is 0.261 e. The lowest BCUT2D eigenvalue weighted by atomic mass is 10.1. The molecule has 1 unspecified atom stereocenters. The molecule has 0 radical (unpaired) electrons. The third kappa shape index (κ3) is 4.59. The van der Waals surface area contributed by atoms with Gasteiger partial charge < -0.3 is 15.2 Å². The van der Waals surface area contributed by atoms with Gasteiger partial charge in [0, 0.05) is 35.5 Å². The Morgan fingerprint density at radius 3 is 2.69 bits per heavy atom. The third-order valence-electron chi connectivity index (χ3n) is 5.25. The lowest BCUT2D eigenvalue weighted by Gasteiger charge is -2.19. The molecule has 0 bridgehead atoms. The summed E-state index contributed by atoms with van der Waals surface area (Å²) in [6.45, 7) is 2.41. The van der Waals surface area contributed by atoms with Gasteiger partial charge in [-0.25, -0.2) is 0 Å². The predicted molar refractivity (Wildman–Crippen MR) is 119 cm³/mol. The Hall–Kier alpha value is -2.86. The average Bonchev–Trinajstić information content (AvgIpc) is 3.22. The van der Waals surface area contributed by atoms with Crippen molar-refractivity contribution in [2.45, 2.75) is 6.42 Å². The van der Waals surface area contributed by atoms with E-state index in [2.05, 4.69) is 43.3 Å². The minimum Gasteiger partial charge on any atom is -0.371 e. The molecule has 1 aromatic heterocycles. The first-order valence-electron chi connectivity index (χ1n) is 9.67. The lowest BCUT2D eigenvalue weighted by Crippen LogP contribution is -2.34. The molecule has 0 spiro atoms. The Kier molecular flexibility index (Phi) is 5.81. The Morgan fingerprint density at radius 2 is 1.93 bits per heavy atom. The van der Waals surface area contributed by atoms with E-state index < -0.39 is 0 Å². The summed E-state index contributed by atoms with van der Waals surface area (Å²) in [4.78, 5) is 30.0. The number of anilines is 1. The molecule has 1 saturated heterocycles. The molecule has 1 aliphatic rings. The first-order chi connectivity index (χ1) is 14.1. The second kappa shape index (κ2) is 8.66. The highest BCUT2D eigenvalue weighted by Crippen LogP contribution is 2.26. The van der Waals surface area contributed by atoms with Gasteiger partial charge in [0.25, 0.3) is 11.5 Å². The van der Waals surface area contributed by atoms with Crippen molar-refractivity contribution in [3.05, 3.63) is 87.1 Å². The Balaban J connectivity index is 1.36. The second-order valence-corrected chi connectivity index (χ2v) is 8.19. The van der Waals surface area contributed by atoms with Crippen LogP contribution in [0.3, 0.4) is 0 Å². The number of benzene rings is 2. The topological polar surface area (TPSA) is 65.2 Å². The van der Waals surface area contributed by atoms with Gasteiger partial charge in [-0.2, -0.15) is 0 Å². The molecule has 6 heteroatoms. The van der Waals surface area contributed by atoms with Gasteiger partial charge in [-0.15, -0.1) is 0 Å². The van der Waals surface area contributed by atoms with Crippen LogP contribution >= 0.6 is 15.9 Å². The normalized spacial score (nSPS) is 16.0. The number of halogens is 1. The first-order valence-corrected chi connectivity index (χ1v) is 10.5. The fourth-order valence-electron chi connectivity index (χ4n) is 3.68. The van der Waals surface area contributed by atoms with Crippen LogP contribution < -0.4 is 15.8 Å². The van der Waals surface area contributed by atoms with Gasteiger partial charge in [0.15, 0.2) is 0 Å². The van der Waals surface area contributed by atoms with Crippen LogP contribution in [0.25, 0.3) is 11.3 Å². The molecule has 3 aromatic rings. The van der Waals surface area contributed by atoms with Crippen LogP contribution in [0.2, 0.25) is 0 Å². The number of nitrogens with zero attached hydrogens (tertiary/aromatic N) is 1. The second-order valence-electron chi connectivity index (χ2n) is 7.27. The van der Waals surface area contributed by atoms with Gasteiger partial charge in [-0.05, 0) is 48.2 Å². The maximum atomic E-state index is 12.5. The molecule has 5 nitrogen and oxygen atoms in total. The predicted octanol–water partition coefficient (Wildman–Crippen LogP) is 4.06. The molecule has 1 atom stereocenters. The van der Waals surface area contributed by atoms with Crippen molar-refractivity contribution in [1.29, 1.82) is 0 Å². The summed E-state index contributed by atoms with van der Waals surface area (Å²) in [7, 11) is 0. The monoisotopic (exact) mass is 451 g/mol. The highest BCUT2D eigenvalue weighted by Gasteiger charge is 2.23. The number of aromatic amines is 1. The Bertz CT molecular complexity index is 1060. The van der Waals surface area contributed by atoms with Crippen molar-refractivity contribution in [3.63, 3.8) is 0 Å². The summed E-state index contributed by atoms with van der Waals surface area (Å²) in [6.07, 6.45) is 1.01. The Morgan fingerprint density at radius 1 is 1.10 bits per heavy atom. The number of nitrogens with one attached hydrogen (secondary N) is 2. The smallest absolute Gasteiger partial charge is 0.261 e. The van der Waals surface area contributed by atoms with Crippen LogP contribution in [0.4, 0.5) is 5.69 Å². The summed E-state index contributed by atoms with van der Waals surface area (Å²) >= 11 is 3.51. The van der Waals surface area contributed by atoms with E-state index in [4.69, 9.17) is 0 Å². The van der Waals surface area contributed by atoms with Crippen LogP contribution in [0.5, 0.6) is 0 Å². The van der Waals surface area contributed by atoms with Crippen molar-refractivity contribution in [3.8, 4) is 11.3 Å². The molecule has 148 valence electrons. The standard InChI is InChI=1S/C23H22BrN3O2/c24-18-7-4-8-19(13-18)27-12-11-16(15-27)14-25-22(28)20-9-10-21(26-23(20)29)17-5-2-1-3-6-17/h1-10,13,16H,11-12,14-15H2,(H,25,28)(H,26,29). The number of hydrogen-bond donors (Lipinski definition) is 2. The number of amides is 1. The quantitative estimate of drug-likeness (QED) is 0.614. The molecule has 1 amide bonds. The molecule has 2 heterocycles. The maximum absolute atomic E-state index is 12.5. The summed E-state index contributed by atoms with van der Waals surface area (Å²) in [5.74, 6) is 0.0346. The van der Waals surface area contributed by atoms with Crippen LogP contribution in [0.1, 0.15) is 16.8 Å². The number of rotatable bonds is 5. The lowest BCUT2D eigenvalue weighted by molar-refractivity contribution is 0.0947. The van der Waals surface area contributed by atoms with Gasteiger partial charge in [0.1, 0.15) is 5.56 Å². The fourth-order valence-corrected chi connectivity index (χ4v) is 4.06. The number of carbonyl (C=O) groups excluding carboxylic acids is 1. The van der Waals surface area contributed by atoms with Crippen molar-refractivity contribution in [2.24, 2.45) is 5.92 Å². The molecule has 1 aliphatic heterocycles. The van der Waals surface area contributed by atoms with Gasteiger partial charge in [0.2, 0.25) is 0 Å². The zero-order valence-electron chi connectivity index (χ0n) is 15.9. The number of H-pyrrole nitrogens is 1. The number of pyridine rings is 1. The zero-order valence-corrected chi connectivity index (χ0v) is 17.5. The molecule has 0 aliphatic carbocycles. The molecular weight excluding hydrogens is 430 g/mol. The van der Waals surface area contributed by atoms with Gasteiger partial charge in [0.05, 0.1) is 0 Å². The van der Waals surface area contributed by atoms with E-state index in [1.165, 1.54) is 5.69 Å². The summed E-state index contributed by atoms with van der Waals surface area (Å²) in [5, 5.41) is 2.93. The van der Waals surface area contributed by atoms with Gasteiger partial charge >= 0.3 is 0 Å². The summed E-state index contributed by atoms with van der Waals surface area (Å²) in [5.41, 5.74) is 2.57. The molecule has 2 aromatic carbocycles. The Labute approximate surface area is 177 Å². The van der Waals surface area contributed by atoms with Crippen molar-refractivity contribution < 1.29 is 4.79 Å². The molecule has 4 rings (SSSR count). The third-order valence-corrected chi connectivity index (χ3v) is 5.74. The highest BCUT2D eigenvalue weighted by atomic mass is 79.9. The van der Waals surface area contributed by atoms with Crippen LogP contribution in [-0.2, 0) is 0 Å². The van der Waals surface area contributed by atoms with Crippen molar-refractivity contribution in [1.82, 2.24) is 10.3 Å². The van der Waals surface area contributed by atoms with E-state index in [0.29, 0.717) is 18.2 Å². The van der Waals surface area contributed by atoms with Crippen LogP contribution in [0, 0.1) is 5.92 Å². The van der Waals surface area contributed by atoms with Gasteiger partial charge in [-0.3, -0.25) is 9.59 Å². The van der Waals surface area contributed by atoms with E-state index >= 15 is 0 Å². The first kappa shape index (κ1) is 19.5. The molecular formula is C23H22BrN3O2. The molecule has 2 N–H and O–H groups in total. The van der Waals surface area contributed by atoms with E-state index in [1.807, 2.05) is 42.5 Å². The fraction of sp³-hybridized carbons (Fsp3) is 0.217. The zero-order chi connectivity index (χ0) is 20.2. The summed E-state index contributed by atoms with van der Waals surface area (Å²) in [6, 6.07) is 21.2. The molecule has 29 heavy (non-hydrogen) atoms. The minimum absolute atomic E-state index is 0.145. The van der Waals surface area contributed by atoms with Gasteiger partial charge in [-0.1, -0.05) is 52.3 Å². The van der Waals surface area contributed by atoms with Crippen molar-refractivity contribution >= 4 is 27.5 Å². The highest BCUT2D eigenvalue weighted by molar-refractivity contribution is 9.10.